The van der Waals surface area contributed by atoms with Gasteiger partial charge in [0.05, 0.1) is 18.1 Å². The van der Waals surface area contributed by atoms with E-state index in [2.05, 4.69) is 0 Å². The van der Waals surface area contributed by atoms with Crippen molar-refractivity contribution in [3.8, 4) is 0 Å². The number of nitrogens with zero attached hydrogens (tertiary/aromatic N) is 2. The highest BCUT2D eigenvalue weighted by Crippen LogP contribution is 2.50. The molecule has 130 valence electrons. The number of thiophene rings is 1. The molecule has 1 aromatic heterocycles. The fourth-order valence-electron chi connectivity index (χ4n) is 4.64. The second-order valence-corrected chi connectivity index (χ2v) is 8.15. The lowest BCUT2D eigenvalue weighted by Crippen LogP contribution is -2.47. The maximum atomic E-state index is 13.0. The molecule has 0 bridgehead atoms. The number of ether oxygens (including phenoxy) is 1. The van der Waals surface area contributed by atoms with Crippen molar-refractivity contribution >= 4 is 23.2 Å². The Morgan fingerprint density at radius 2 is 2.00 bits per heavy atom. The van der Waals surface area contributed by atoms with Gasteiger partial charge in [0.25, 0.3) is 5.91 Å². The number of rotatable bonds is 2. The van der Waals surface area contributed by atoms with Crippen LogP contribution in [0.3, 0.4) is 0 Å². The van der Waals surface area contributed by atoms with E-state index in [1.165, 1.54) is 11.3 Å². The molecule has 1 aliphatic carbocycles. The van der Waals surface area contributed by atoms with Gasteiger partial charge in [-0.2, -0.15) is 0 Å². The van der Waals surface area contributed by atoms with Gasteiger partial charge in [-0.05, 0) is 30.7 Å². The third kappa shape index (κ3) is 2.75. The fourth-order valence-corrected chi connectivity index (χ4v) is 5.33. The summed E-state index contributed by atoms with van der Waals surface area (Å²) in [6.45, 7) is 4.24. The number of morpholine rings is 1. The second-order valence-electron chi connectivity index (χ2n) is 7.20. The van der Waals surface area contributed by atoms with E-state index >= 15 is 0 Å². The minimum atomic E-state index is 0.00229. The average Bonchev–Trinajstić information content (AvgIpc) is 3.37. The highest BCUT2D eigenvalue weighted by atomic mass is 32.1. The third-order valence-corrected chi connectivity index (χ3v) is 6.79. The third-order valence-electron chi connectivity index (χ3n) is 5.93. The highest BCUT2D eigenvalue weighted by molar-refractivity contribution is 7.12. The predicted octanol–water partition coefficient (Wildman–Crippen LogP) is 2.24. The molecule has 0 N–H and O–H groups in total. The van der Waals surface area contributed by atoms with E-state index in [1.54, 1.807) is 0 Å². The summed E-state index contributed by atoms with van der Waals surface area (Å²) < 4.78 is 5.37. The normalized spacial score (nSPS) is 30.2. The smallest absolute Gasteiger partial charge is 0.263 e. The van der Waals surface area contributed by atoms with Crippen molar-refractivity contribution in [1.82, 2.24) is 9.80 Å². The van der Waals surface area contributed by atoms with Crippen molar-refractivity contribution in [2.45, 2.75) is 25.7 Å². The number of hydrogen-bond donors (Lipinski definition) is 0. The Labute approximate surface area is 146 Å². The number of hydrogen-bond acceptors (Lipinski definition) is 4. The van der Waals surface area contributed by atoms with E-state index < -0.39 is 0 Å². The Morgan fingerprint density at radius 1 is 1.17 bits per heavy atom. The van der Waals surface area contributed by atoms with Crippen molar-refractivity contribution in [1.29, 1.82) is 0 Å². The van der Waals surface area contributed by atoms with Crippen LogP contribution >= 0.6 is 11.3 Å². The first-order valence-electron chi connectivity index (χ1n) is 8.89. The van der Waals surface area contributed by atoms with Crippen LogP contribution in [0.4, 0.5) is 0 Å². The van der Waals surface area contributed by atoms with Crippen LogP contribution in [0.2, 0.25) is 0 Å². The largest absolute Gasteiger partial charge is 0.378 e. The summed E-state index contributed by atoms with van der Waals surface area (Å²) in [4.78, 5) is 30.4. The Morgan fingerprint density at radius 3 is 2.75 bits per heavy atom. The first-order valence-corrected chi connectivity index (χ1v) is 9.77. The zero-order valence-electron chi connectivity index (χ0n) is 13.9. The van der Waals surface area contributed by atoms with Gasteiger partial charge in [-0.15, -0.1) is 11.3 Å². The quantitative estimate of drug-likeness (QED) is 0.824. The maximum absolute atomic E-state index is 13.0. The zero-order valence-corrected chi connectivity index (χ0v) is 14.7. The first-order chi connectivity index (χ1) is 11.7. The highest BCUT2D eigenvalue weighted by Gasteiger charge is 2.52. The van der Waals surface area contributed by atoms with E-state index in [0.29, 0.717) is 32.2 Å². The van der Waals surface area contributed by atoms with Gasteiger partial charge in [0.15, 0.2) is 0 Å². The first kappa shape index (κ1) is 16.1. The molecule has 2 unspecified atom stereocenters. The molecule has 2 atom stereocenters. The van der Waals surface area contributed by atoms with Gasteiger partial charge in [-0.3, -0.25) is 9.59 Å². The molecule has 3 heterocycles. The van der Waals surface area contributed by atoms with Crippen LogP contribution in [0.5, 0.6) is 0 Å². The van der Waals surface area contributed by atoms with Gasteiger partial charge < -0.3 is 14.5 Å². The molecule has 5 nitrogen and oxygen atoms in total. The van der Waals surface area contributed by atoms with Gasteiger partial charge in [-0.1, -0.05) is 12.5 Å². The topological polar surface area (TPSA) is 49.9 Å². The molecule has 24 heavy (non-hydrogen) atoms. The molecule has 2 aliphatic heterocycles. The molecular weight excluding hydrogens is 324 g/mol. The van der Waals surface area contributed by atoms with Crippen LogP contribution < -0.4 is 0 Å². The van der Waals surface area contributed by atoms with Crippen molar-refractivity contribution < 1.29 is 14.3 Å². The molecule has 1 saturated carbocycles. The summed E-state index contributed by atoms with van der Waals surface area (Å²) in [5.74, 6) is 0.504. The molecule has 3 aliphatic rings. The molecule has 3 fully saturated rings. The molecular formula is C18H24N2O3S. The van der Waals surface area contributed by atoms with Crippen molar-refractivity contribution in [2.24, 2.45) is 11.3 Å². The Kier molecular flexibility index (Phi) is 4.35. The molecule has 6 heteroatoms. The summed E-state index contributed by atoms with van der Waals surface area (Å²) >= 11 is 1.50. The SMILES string of the molecule is O=C(c1cccs1)N1CCC2(CCCC2C(=O)N2CCOCC2)C1. The van der Waals surface area contributed by atoms with Gasteiger partial charge in [-0.25, -0.2) is 0 Å². The van der Waals surface area contributed by atoms with Crippen molar-refractivity contribution in [3.63, 3.8) is 0 Å². The second kappa shape index (κ2) is 6.48. The van der Waals surface area contributed by atoms with Crippen LogP contribution in [-0.4, -0.2) is 61.0 Å². The summed E-state index contributed by atoms with van der Waals surface area (Å²) in [6.07, 6.45) is 4.10. The molecule has 0 aromatic carbocycles. The maximum Gasteiger partial charge on any atom is 0.263 e. The number of amides is 2. The summed E-state index contributed by atoms with van der Waals surface area (Å²) in [5, 5.41) is 1.94. The predicted molar refractivity (Wildman–Crippen MR) is 92.0 cm³/mol. The Hall–Kier alpha value is -1.40. The molecule has 2 saturated heterocycles. The zero-order chi connectivity index (χ0) is 16.6. The van der Waals surface area contributed by atoms with E-state index in [0.717, 1.165) is 43.6 Å². The molecule has 0 radical (unpaired) electrons. The van der Waals surface area contributed by atoms with Crippen LogP contribution in [0.25, 0.3) is 0 Å². The van der Waals surface area contributed by atoms with Gasteiger partial charge >= 0.3 is 0 Å². The molecule has 1 aromatic rings. The lowest BCUT2D eigenvalue weighted by atomic mass is 9.76. The fraction of sp³-hybridized carbons (Fsp3) is 0.667. The van der Waals surface area contributed by atoms with Crippen molar-refractivity contribution in [3.05, 3.63) is 22.4 Å². The minimum Gasteiger partial charge on any atom is -0.378 e. The summed E-state index contributed by atoms with van der Waals surface area (Å²) in [5.41, 5.74) is 0.00229. The molecule has 1 spiro atoms. The van der Waals surface area contributed by atoms with Crippen LogP contribution in [0, 0.1) is 11.3 Å². The van der Waals surface area contributed by atoms with E-state index in [4.69, 9.17) is 4.74 Å². The van der Waals surface area contributed by atoms with Gasteiger partial charge in [0, 0.05) is 37.5 Å². The minimum absolute atomic E-state index is 0.00229. The monoisotopic (exact) mass is 348 g/mol. The van der Waals surface area contributed by atoms with Crippen LogP contribution in [0.1, 0.15) is 35.4 Å². The Balaban J connectivity index is 1.48. The number of carbonyl (C=O) groups excluding carboxylic acids is 2. The van der Waals surface area contributed by atoms with Crippen LogP contribution in [0.15, 0.2) is 17.5 Å². The summed E-state index contributed by atoms with van der Waals surface area (Å²) in [6, 6.07) is 3.81. The molecule has 2 amide bonds. The lowest BCUT2D eigenvalue weighted by Gasteiger charge is -2.36. The lowest BCUT2D eigenvalue weighted by molar-refractivity contribution is -0.143. The van der Waals surface area contributed by atoms with Crippen molar-refractivity contribution in [2.75, 3.05) is 39.4 Å². The van der Waals surface area contributed by atoms with Crippen LogP contribution in [-0.2, 0) is 9.53 Å². The Bertz CT molecular complexity index is 612. The van der Waals surface area contributed by atoms with E-state index in [-0.39, 0.29) is 17.2 Å². The van der Waals surface area contributed by atoms with Gasteiger partial charge in [0.2, 0.25) is 5.91 Å². The standard InChI is InChI=1S/C18H24N2O3S/c21-16(19-8-10-23-11-9-19)14-3-1-5-18(14)6-7-20(13-18)17(22)15-4-2-12-24-15/h2,4,12,14H,1,3,5-11,13H2. The van der Waals surface area contributed by atoms with Gasteiger partial charge in [0.1, 0.15) is 0 Å². The average molecular weight is 348 g/mol. The molecule has 4 rings (SSSR count). The number of likely N-dealkylation sites (tertiary alicyclic amines) is 1. The number of carbonyl (C=O) groups is 2. The summed E-state index contributed by atoms with van der Waals surface area (Å²) in [7, 11) is 0. The van der Waals surface area contributed by atoms with E-state index in [1.807, 2.05) is 27.3 Å². The van der Waals surface area contributed by atoms with E-state index in [9.17, 15) is 9.59 Å².